The molecule has 0 aliphatic rings. The molecular formula is C12H12NO3+. The van der Waals surface area contributed by atoms with Gasteiger partial charge in [0.15, 0.2) is 0 Å². The molecule has 1 aromatic carbocycles. The predicted molar refractivity (Wildman–Crippen MR) is 57.0 cm³/mol. The van der Waals surface area contributed by atoms with Crippen LogP contribution < -0.4 is 4.73 Å². The van der Waals surface area contributed by atoms with E-state index in [9.17, 15) is 10.0 Å². The van der Waals surface area contributed by atoms with Gasteiger partial charge in [0.2, 0.25) is 6.20 Å². The molecule has 0 atom stereocenters. The van der Waals surface area contributed by atoms with Gasteiger partial charge >= 0.3 is 5.97 Å². The normalized spacial score (nSPS) is 10.3. The lowest BCUT2D eigenvalue weighted by Gasteiger charge is -2.00. The van der Waals surface area contributed by atoms with Crippen molar-refractivity contribution in [3.8, 4) is 0 Å². The van der Waals surface area contributed by atoms with Crippen LogP contribution >= 0.6 is 0 Å². The molecule has 0 saturated carbocycles. The third kappa shape index (κ3) is 1.95. The molecule has 0 aliphatic carbocycles. The van der Waals surface area contributed by atoms with E-state index in [0.717, 1.165) is 15.7 Å². The van der Waals surface area contributed by atoms with E-state index in [1.54, 1.807) is 24.4 Å². The van der Waals surface area contributed by atoms with Gasteiger partial charge in [-0.2, -0.15) is 0 Å². The number of benzene rings is 1. The first-order valence-electron chi connectivity index (χ1n) is 4.90. The summed E-state index contributed by atoms with van der Waals surface area (Å²) >= 11 is 0. The monoisotopic (exact) mass is 218 g/mol. The Hall–Kier alpha value is -2.10. The molecular weight excluding hydrogens is 206 g/mol. The smallest absolute Gasteiger partial charge is 0.309 e. The van der Waals surface area contributed by atoms with Crippen molar-refractivity contribution in [2.24, 2.45) is 0 Å². The van der Waals surface area contributed by atoms with Crippen LogP contribution in [0.1, 0.15) is 5.56 Å². The molecule has 0 amide bonds. The zero-order valence-electron chi connectivity index (χ0n) is 8.88. The number of aromatic nitrogens is 1. The Kier molecular flexibility index (Phi) is 2.72. The molecule has 1 N–H and O–H groups in total. The molecule has 4 nitrogen and oxygen atoms in total. The van der Waals surface area contributed by atoms with E-state index in [0.29, 0.717) is 5.52 Å². The summed E-state index contributed by atoms with van der Waals surface area (Å²) in [6, 6.07) is 9.05. The number of fused-ring (bicyclic) bond motifs is 1. The van der Waals surface area contributed by atoms with Crippen molar-refractivity contribution in [1.82, 2.24) is 0 Å². The van der Waals surface area contributed by atoms with Crippen LogP contribution in [0.15, 0.2) is 36.5 Å². The molecule has 0 fully saturated rings. The number of hydrogen-bond acceptors (Lipinski definition) is 3. The van der Waals surface area contributed by atoms with Crippen LogP contribution in [-0.2, 0) is 16.0 Å². The largest absolute Gasteiger partial charge is 0.469 e. The zero-order valence-corrected chi connectivity index (χ0v) is 8.88. The standard InChI is InChI=1S/C12H12NO3/c1-16-12(14)8-9-4-5-11-10(7-9)3-2-6-13(11)15/h2-7,15H,8H2,1H3/q+1. The third-order valence-electron chi connectivity index (χ3n) is 2.42. The molecule has 1 heterocycles. The van der Waals surface area contributed by atoms with E-state index in [1.807, 2.05) is 12.1 Å². The van der Waals surface area contributed by atoms with Crippen molar-refractivity contribution < 1.29 is 19.5 Å². The van der Waals surface area contributed by atoms with Gasteiger partial charge in [-0.25, -0.2) is 0 Å². The number of carbonyl (C=O) groups is 1. The lowest BCUT2D eigenvalue weighted by atomic mass is 10.1. The SMILES string of the molecule is COC(=O)Cc1ccc2c(ccc[n+]2O)c1. The first-order valence-corrected chi connectivity index (χ1v) is 4.90. The highest BCUT2D eigenvalue weighted by atomic mass is 16.5. The Balaban J connectivity index is 2.41. The van der Waals surface area contributed by atoms with Gasteiger partial charge < -0.3 is 4.74 Å². The number of nitrogens with zero attached hydrogens (tertiary/aromatic N) is 1. The van der Waals surface area contributed by atoms with Crippen molar-refractivity contribution >= 4 is 16.9 Å². The highest BCUT2D eigenvalue weighted by molar-refractivity contribution is 5.79. The summed E-state index contributed by atoms with van der Waals surface area (Å²) < 4.78 is 5.65. The average molecular weight is 218 g/mol. The van der Waals surface area contributed by atoms with Gasteiger partial charge in [0.05, 0.1) is 18.9 Å². The second-order valence-electron chi connectivity index (χ2n) is 3.50. The number of esters is 1. The van der Waals surface area contributed by atoms with Crippen LogP contribution in [-0.4, -0.2) is 18.3 Å². The van der Waals surface area contributed by atoms with E-state index in [1.165, 1.54) is 7.11 Å². The summed E-state index contributed by atoms with van der Waals surface area (Å²) in [6.45, 7) is 0. The van der Waals surface area contributed by atoms with E-state index < -0.39 is 0 Å². The summed E-state index contributed by atoms with van der Waals surface area (Å²) in [5.41, 5.74) is 1.57. The summed E-state index contributed by atoms with van der Waals surface area (Å²) in [7, 11) is 1.37. The summed E-state index contributed by atoms with van der Waals surface area (Å²) in [5, 5.41) is 10.4. The second-order valence-corrected chi connectivity index (χ2v) is 3.50. The maximum absolute atomic E-state index is 11.1. The Labute approximate surface area is 92.7 Å². The number of ether oxygens (including phenoxy) is 1. The van der Waals surface area contributed by atoms with Crippen LogP contribution in [0.3, 0.4) is 0 Å². The Morgan fingerprint density at radius 3 is 3.00 bits per heavy atom. The topological polar surface area (TPSA) is 50.4 Å². The molecule has 4 heteroatoms. The number of pyridine rings is 1. The summed E-state index contributed by atoms with van der Waals surface area (Å²) in [5.74, 6) is -0.271. The first kappa shape index (κ1) is 10.4. The van der Waals surface area contributed by atoms with E-state index in [2.05, 4.69) is 4.74 Å². The molecule has 0 aliphatic heterocycles. The fourth-order valence-electron chi connectivity index (χ4n) is 1.60. The minimum atomic E-state index is -0.271. The lowest BCUT2D eigenvalue weighted by Crippen LogP contribution is -2.29. The lowest BCUT2D eigenvalue weighted by molar-refractivity contribution is -0.884. The number of rotatable bonds is 2. The predicted octanol–water partition coefficient (Wildman–Crippen LogP) is 1.08. The number of hydrogen-bond donors (Lipinski definition) is 1. The highest BCUT2D eigenvalue weighted by Crippen LogP contribution is 2.12. The molecule has 0 radical (unpaired) electrons. The third-order valence-corrected chi connectivity index (χ3v) is 2.42. The summed E-state index contributed by atoms with van der Waals surface area (Å²) in [4.78, 5) is 11.1. The average Bonchev–Trinajstić information content (AvgIpc) is 2.29. The molecule has 2 rings (SSSR count). The van der Waals surface area contributed by atoms with Crippen LogP contribution in [0.2, 0.25) is 0 Å². The maximum Gasteiger partial charge on any atom is 0.309 e. The van der Waals surface area contributed by atoms with Crippen molar-refractivity contribution in [2.75, 3.05) is 7.11 Å². The quantitative estimate of drug-likeness (QED) is 0.466. The number of methoxy groups -OCH3 is 1. The molecule has 0 bridgehead atoms. The van der Waals surface area contributed by atoms with E-state index >= 15 is 0 Å². The molecule has 1 aromatic heterocycles. The summed E-state index contributed by atoms with van der Waals surface area (Å²) in [6.07, 6.45) is 1.80. The van der Waals surface area contributed by atoms with Crippen LogP contribution in [0.25, 0.3) is 10.9 Å². The fourth-order valence-corrected chi connectivity index (χ4v) is 1.60. The molecule has 2 aromatic rings. The first-order chi connectivity index (χ1) is 7.70. The minimum absolute atomic E-state index is 0.243. The molecule has 82 valence electrons. The zero-order chi connectivity index (χ0) is 11.5. The highest BCUT2D eigenvalue weighted by Gasteiger charge is 2.09. The van der Waals surface area contributed by atoms with Crippen molar-refractivity contribution in [1.29, 1.82) is 0 Å². The number of carbonyl (C=O) groups excluding carboxylic acids is 1. The van der Waals surface area contributed by atoms with Gasteiger partial charge in [-0.05, 0) is 17.7 Å². The van der Waals surface area contributed by atoms with E-state index in [4.69, 9.17) is 0 Å². The van der Waals surface area contributed by atoms with Crippen molar-refractivity contribution in [2.45, 2.75) is 6.42 Å². The fraction of sp³-hybridized carbons (Fsp3) is 0.167. The van der Waals surface area contributed by atoms with Gasteiger partial charge in [0, 0.05) is 16.9 Å². The van der Waals surface area contributed by atoms with Crippen molar-refractivity contribution in [3.05, 3.63) is 42.1 Å². The van der Waals surface area contributed by atoms with Gasteiger partial charge in [0.1, 0.15) is 0 Å². The Morgan fingerprint density at radius 1 is 1.44 bits per heavy atom. The van der Waals surface area contributed by atoms with Crippen LogP contribution in [0.5, 0.6) is 0 Å². The molecule has 0 unspecified atom stereocenters. The Morgan fingerprint density at radius 2 is 2.25 bits per heavy atom. The van der Waals surface area contributed by atoms with Crippen molar-refractivity contribution in [3.63, 3.8) is 0 Å². The molecule has 0 spiro atoms. The minimum Gasteiger partial charge on any atom is -0.469 e. The maximum atomic E-state index is 11.1. The van der Waals surface area contributed by atoms with Crippen LogP contribution in [0, 0.1) is 0 Å². The van der Waals surface area contributed by atoms with Gasteiger partial charge in [0.25, 0.3) is 5.52 Å². The van der Waals surface area contributed by atoms with E-state index in [-0.39, 0.29) is 12.4 Å². The van der Waals surface area contributed by atoms with Gasteiger partial charge in [-0.15, -0.1) is 0 Å². The molecule has 16 heavy (non-hydrogen) atoms. The Bertz CT molecular complexity index is 537. The molecule has 0 saturated heterocycles. The van der Waals surface area contributed by atoms with Crippen LogP contribution in [0.4, 0.5) is 0 Å². The second kappa shape index (κ2) is 4.18. The van der Waals surface area contributed by atoms with Gasteiger partial charge in [-0.1, -0.05) is 6.07 Å². The van der Waals surface area contributed by atoms with Gasteiger partial charge in [-0.3, -0.25) is 10.0 Å².